The molecule has 1 amide bonds. The normalized spacial score (nSPS) is 10.2. The first-order chi connectivity index (χ1) is 9.58. The summed E-state index contributed by atoms with van der Waals surface area (Å²) in [6.07, 6.45) is 1.73. The van der Waals surface area contributed by atoms with Crippen molar-refractivity contribution in [1.82, 2.24) is 20.4 Å². The summed E-state index contributed by atoms with van der Waals surface area (Å²) in [5.41, 5.74) is -0.264. The second kappa shape index (κ2) is 5.91. The van der Waals surface area contributed by atoms with Crippen LogP contribution < -0.4 is 5.32 Å². The Morgan fingerprint density at radius 2 is 2.25 bits per heavy atom. The average Bonchev–Trinajstić information content (AvgIpc) is 2.84. The maximum atomic E-state index is 11.9. The third kappa shape index (κ3) is 3.16. The summed E-state index contributed by atoms with van der Waals surface area (Å²) in [5, 5.41) is 15.1. The molecule has 0 aliphatic rings. The van der Waals surface area contributed by atoms with Crippen molar-refractivity contribution in [3.05, 3.63) is 41.3 Å². The van der Waals surface area contributed by atoms with E-state index in [1.165, 1.54) is 18.3 Å². The minimum Gasteiger partial charge on any atom is -0.478 e. The van der Waals surface area contributed by atoms with Gasteiger partial charge in [-0.25, -0.2) is 4.79 Å². The van der Waals surface area contributed by atoms with Gasteiger partial charge >= 0.3 is 5.97 Å². The highest BCUT2D eigenvalue weighted by Crippen LogP contribution is 2.05. The van der Waals surface area contributed by atoms with Gasteiger partial charge in [-0.1, -0.05) is 5.16 Å². The number of carbonyl (C=O) groups is 2. The SMILES string of the molecule is Cc1noc(CCNC(=O)c2ncccc2C(=O)O)n1. The third-order valence-corrected chi connectivity index (χ3v) is 2.45. The number of aryl methyl sites for hydroxylation is 1. The number of aromatic carboxylic acids is 1. The first-order valence-electron chi connectivity index (χ1n) is 5.83. The molecule has 0 saturated carbocycles. The van der Waals surface area contributed by atoms with Crippen LogP contribution in [0.5, 0.6) is 0 Å². The van der Waals surface area contributed by atoms with Crippen molar-refractivity contribution in [3.8, 4) is 0 Å². The van der Waals surface area contributed by atoms with Crippen LogP contribution in [0.4, 0.5) is 0 Å². The lowest BCUT2D eigenvalue weighted by atomic mass is 10.2. The number of hydrogen-bond acceptors (Lipinski definition) is 6. The molecule has 0 unspecified atom stereocenters. The molecular formula is C12H12N4O4. The van der Waals surface area contributed by atoms with Gasteiger partial charge in [0.15, 0.2) is 5.82 Å². The molecule has 0 aliphatic carbocycles. The lowest BCUT2D eigenvalue weighted by molar-refractivity contribution is 0.0690. The Morgan fingerprint density at radius 1 is 1.45 bits per heavy atom. The first kappa shape index (κ1) is 13.7. The van der Waals surface area contributed by atoms with Crippen molar-refractivity contribution in [2.75, 3.05) is 6.54 Å². The summed E-state index contributed by atoms with van der Waals surface area (Å²) in [7, 11) is 0. The number of rotatable bonds is 5. The molecule has 2 N–H and O–H groups in total. The molecule has 8 heteroatoms. The van der Waals surface area contributed by atoms with Crippen LogP contribution in [0.2, 0.25) is 0 Å². The Morgan fingerprint density at radius 3 is 2.90 bits per heavy atom. The van der Waals surface area contributed by atoms with Crippen molar-refractivity contribution < 1.29 is 19.2 Å². The van der Waals surface area contributed by atoms with Crippen LogP contribution in [0.15, 0.2) is 22.9 Å². The van der Waals surface area contributed by atoms with Gasteiger partial charge in [-0.3, -0.25) is 9.78 Å². The zero-order valence-electron chi connectivity index (χ0n) is 10.7. The highest BCUT2D eigenvalue weighted by molar-refractivity contribution is 6.03. The van der Waals surface area contributed by atoms with E-state index >= 15 is 0 Å². The monoisotopic (exact) mass is 276 g/mol. The van der Waals surface area contributed by atoms with Gasteiger partial charge < -0.3 is 14.9 Å². The number of carbonyl (C=O) groups excluding carboxylic acids is 1. The molecule has 8 nitrogen and oxygen atoms in total. The van der Waals surface area contributed by atoms with Crippen LogP contribution in [-0.4, -0.2) is 38.7 Å². The molecule has 0 radical (unpaired) electrons. The highest BCUT2D eigenvalue weighted by Gasteiger charge is 2.17. The van der Waals surface area contributed by atoms with E-state index in [-0.39, 0.29) is 17.8 Å². The van der Waals surface area contributed by atoms with E-state index < -0.39 is 11.9 Å². The lowest BCUT2D eigenvalue weighted by Crippen LogP contribution is -2.28. The van der Waals surface area contributed by atoms with Gasteiger partial charge in [0.1, 0.15) is 5.69 Å². The van der Waals surface area contributed by atoms with Gasteiger partial charge in [0.05, 0.1) is 5.56 Å². The van der Waals surface area contributed by atoms with E-state index in [1.54, 1.807) is 6.92 Å². The molecule has 0 aliphatic heterocycles. The van der Waals surface area contributed by atoms with Crippen molar-refractivity contribution in [1.29, 1.82) is 0 Å². The van der Waals surface area contributed by atoms with Crippen LogP contribution in [0.3, 0.4) is 0 Å². The molecule has 104 valence electrons. The van der Waals surface area contributed by atoms with Gasteiger partial charge in [-0.05, 0) is 19.1 Å². The molecule has 0 aromatic carbocycles. The van der Waals surface area contributed by atoms with E-state index in [0.29, 0.717) is 18.1 Å². The van der Waals surface area contributed by atoms with Crippen LogP contribution in [0, 0.1) is 6.92 Å². The number of aromatic nitrogens is 3. The number of hydrogen-bond donors (Lipinski definition) is 2. The fourth-order valence-corrected chi connectivity index (χ4v) is 1.57. The Labute approximate surface area is 113 Å². The topological polar surface area (TPSA) is 118 Å². The van der Waals surface area contributed by atoms with Crippen molar-refractivity contribution in [3.63, 3.8) is 0 Å². The first-order valence-corrected chi connectivity index (χ1v) is 5.83. The quantitative estimate of drug-likeness (QED) is 0.813. The maximum absolute atomic E-state index is 11.9. The minimum atomic E-state index is -1.20. The molecule has 0 spiro atoms. The van der Waals surface area contributed by atoms with Gasteiger partial charge in [0.2, 0.25) is 5.89 Å². The van der Waals surface area contributed by atoms with Gasteiger partial charge in [-0.2, -0.15) is 4.98 Å². The van der Waals surface area contributed by atoms with Gasteiger partial charge in [-0.15, -0.1) is 0 Å². The number of pyridine rings is 1. The number of nitrogens with zero attached hydrogens (tertiary/aromatic N) is 3. The zero-order valence-corrected chi connectivity index (χ0v) is 10.7. The van der Waals surface area contributed by atoms with Crippen molar-refractivity contribution >= 4 is 11.9 Å². The molecule has 2 heterocycles. The molecule has 2 aromatic rings. The molecule has 0 bridgehead atoms. The fraction of sp³-hybridized carbons (Fsp3) is 0.250. The predicted octanol–water partition coefficient (Wildman–Crippen LogP) is 0.444. The maximum Gasteiger partial charge on any atom is 0.338 e. The number of nitrogens with one attached hydrogen (secondary N) is 1. The highest BCUT2D eigenvalue weighted by atomic mass is 16.5. The van der Waals surface area contributed by atoms with Crippen molar-refractivity contribution in [2.24, 2.45) is 0 Å². The second-order valence-corrected chi connectivity index (χ2v) is 3.95. The van der Waals surface area contributed by atoms with E-state index in [1.807, 2.05) is 0 Å². The minimum absolute atomic E-state index is 0.123. The van der Waals surface area contributed by atoms with E-state index in [0.717, 1.165) is 0 Å². The van der Waals surface area contributed by atoms with Gasteiger partial charge in [0, 0.05) is 19.2 Å². The standard InChI is InChI=1S/C12H12N4O4/c1-7-15-9(20-16-7)4-6-14-11(17)10-8(12(18)19)3-2-5-13-10/h2-3,5H,4,6H2,1H3,(H,14,17)(H,18,19). The molecule has 0 fully saturated rings. The van der Waals surface area contributed by atoms with Gasteiger partial charge in [0.25, 0.3) is 5.91 Å². The summed E-state index contributed by atoms with van der Waals surface area (Å²) in [6, 6.07) is 2.78. The van der Waals surface area contributed by atoms with Crippen molar-refractivity contribution in [2.45, 2.75) is 13.3 Å². The lowest BCUT2D eigenvalue weighted by Gasteiger charge is -2.05. The Kier molecular flexibility index (Phi) is 4.04. The smallest absolute Gasteiger partial charge is 0.338 e. The zero-order chi connectivity index (χ0) is 14.5. The summed E-state index contributed by atoms with van der Waals surface area (Å²) in [4.78, 5) is 30.6. The van der Waals surface area contributed by atoms with Crippen LogP contribution in [-0.2, 0) is 6.42 Å². The van der Waals surface area contributed by atoms with E-state index in [4.69, 9.17) is 9.63 Å². The largest absolute Gasteiger partial charge is 0.478 e. The summed E-state index contributed by atoms with van der Waals surface area (Å²) in [5.74, 6) is -0.832. The van der Waals surface area contributed by atoms with Crippen LogP contribution in [0.25, 0.3) is 0 Å². The number of carboxylic acid groups (broad SMARTS) is 1. The molecule has 2 rings (SSSR count). The van der Waals surface area contributed by atoms with E-state index in [9.17, 15) is 9.59 Å². The average molecular weight is 276 g/mol. The van der Waals surface area contributed by atoms with E-state index in [2.05, 4.69) is 20.4 Å². The molecular weight excluding hydrogens is 264 g/mol. The molecule has 20 heavy (non-hydrogen) atoms. The summed E-state index contributed by atoms with van der Waals surface area (Å²) in [6.45, 7) is 1.94. The van der Waals surface area contributed by atoms with Crippen LogP contribution in [0.1, 0.15) is 32.6 Å². The summed E-state index contributed by atoms with van der Waals surface area (Å²) < 4.78 is 4.89. The number of carboxylic acids is 1. The number of amides is 1. The molecule has 0 atom stereocenters. The Balaban J connectivity index is 1.97. The third-order valence-electron chi connectivity index (χ3n) is 2.45. The fourth-order valence-electron chi connectivity index (χ4n) is 1.57. The predicted molar refractivity (Wildman–Crippen MR) is 66.3 cm³/mol. The Bertz CT molecular complexity index is 638. The summed E-state index contributed by atoms with van der Waals surface area (Å²) >= 11 is 0. The molecule has 0 saturated heterocycles. The van der Waals surface area contributed by atoms with Crippen LogP contribution >= 0.6 is 0 Å². The molecule has 2 aromatic heterocycles. The second-order valence-electron chi connectivity index (χ2n) is 3.95. The Hall–Kier alpha value is -2.77.